The van der Waals surface area contributed by atoms with Gasteiger partial charge in [-0.15, -0.1) is 0 Å². The van der Waals surface area contributed by atoms with Crippen molar-refractivity contribution in [3.8, 4) is 11.5 Å². The van der Waals surface area contributed by atoms with Crippen molar-refractivity contribution in [3.63, 3.8) is 0 Å². The molecule has 0 unspecified atom stereocenters. The van der Waals surface area contributed by atoms with Crippen LogP contribution in [0.25, 0.3) is 0 Å². The van der Waals surface area contributed by atoms with Crippen LogP contribution in [0.1, 0.15) is 0 Å². The fraction of sp³-hybridized carbons (Fsp3) is 0. The summed E-state index contributed by atoms with van der Waals surface area (Å²) in [6.07, 6.45) is 0. The van der Waals surface area contributed by atoms with Crippen LogP contribution in [0.4, 0.5) is 5.69 Å². The molecule has 0 bridgehead atoms. The van der Waals surface area contributed by atoms with Gasteiger partial charge < -0.3 is 10.2 Å². The molecule has 0 radical (unpaired) electrons. The van der Waals surface area contributed by atoms with Gasteiger partial charge in [-0.2, -0.15) is 0 Å². The Kier molecular flexibility index (Phi) is 2.05. The van der Waals surface area contributed by atoms with Gasteiger partial charge in [-0.25, -0.2) is 0 Å². The zero-order valence-electron chi connectivity index (χ0n) is 5.69. The molecule has 0 aliphatic carbocycles. The second kappa shape index (κ2) is 2.86. The molecule has 12 heavy (non-hydrogen) atoms. The van der Waals surface area contributed by atoms with Crippen LogP contribution in [0, 0.1) is 10.1 Å². The topological polar surface area (TPSA) is 83.6 Å². The van der Waals surface area contributed by atoms with Crippen LogP contribution in [0.3, 0.4) is 0 Å². The zero-order valence-corrected chi connectivity index (χ0v) is 6.45. The number of hydrogen-bond donors (Lipinski definition) is 2. The first-order valence-electron chi connectivity index (χ1n) is 2.89. The van der Waals surface area contributed by atoms with Gasteiger partial charge in [-0.1, -0.05) is 11.6 Å². The highest BCUT2D eigenvalue weighted by atomic mass is 35.5. The molecule has 0 aromatic heterocycles. The van der Waals surface area contributed by atoms with E-state index in [0.29, 0.717) is 0 Å². The van der Waals surface area contributed by atoms with Crippen molar-refractivity contribution in [1.82, 2.24) is 0 Å². The first-order chi connectivity index (χ1) is 5.54. The highest BCUT2D eigenvalue weighted by molar-refractivity contribution is 6.32. The molecule has 5 nitrogen and oxygen atoms in total. The molecular formula is C6H4ClNO4. The number of nitro benzene ring substituents is 1. The molecule has 0 aliphatic rings. The normalized spacial score (nSPS) is 9.75. The van der Waals surface area contributed by atoms with Gasteiger partial charge in [0.15, 0.2) is 5.75 Å². The van der Waals surface area contributed by atoms with Crippen LogP contribution in [0.15, 0.2) is 12.1 Å². The molecule has 1 rings (SSSR count). The van der Waals surface area contributed by atoms with E-state index >= 15 is 0 Å². The fourth-order valence-electron chi connectivity index (χ4n) is 0.724. The van der Waals surface area contributed by atoms with Crippen LogP contribution in [0.2, 0.25) is 5.02 Å². The predicted octanol–water partition coefficient (Wildman–Crippen LogP) is 1.66. The Morgan fingerprint density at radius 1 is 1.42 bits per heavy atom. The quantitative estimate of drug-likeness (QED) is 0.520. The average molecular weight is 190 g/mol. The maximum Gasteiger partial charge on any atom is 0.353 e. The van der Waals surface area contributed by atoms with Crippen LogP contribution >= 0.6 is 11.6 Å². The van der Waals surface area contributed by atoms with Crippen molar-refractivity contribution >= 4 is 17.3 Å². The second-order valence-corrected chi connectivity index (χ2v) is 2.43. The highest BCUT2D eigenvalue weighted by Crippen LogP contribution is 2.39. The lowest BCUT2D eigenvalue weighted by atomic mass is 10.3. The van der Waals surface area contributed by atoms with Gasteiger partial charge in [0.2, 0.25) is 5.75 Å². The number of nitro groups is 1. The van der Waals surface area contributed by atoms with Crippen LogP contribution in [-0.2, 0) is 0 Å². The molecule has 1 aromatic rings. The predicted molar refractivity (Wildman–Crippen MR) is 41.4 cm³/mol. The summed E-state index contributed by atoms with van der Waals surface area (Å²) in [6.45, 7) is 0. The Labute approximate surface area is 72.0 Å². The number of rotatable bonds is 1. The number of hydrogen-bond acceptors (Lipinski definition) is 4. The molecule has 64 valence electrons. The van der Waals surface area contributed by atoms with Crippen LogP contribution < -0.4 is 0 Å². The number of phenolic OH excluding ortho intramolecular Hbond substituents is 2. The summed E-state index contributed by atoms with van der Waals surface area (Å²) in [5, 5.41) is 28.0. The molecular weight excluding hydrogens is 186 g/mol. The summed E-state index contributed by atoms with van der Waals surface area (Å²) >= 11 is 5.36. The van der Waals surface area contributed by atoms with Crippen molar-refractivity contribution in [2.45, 2.75) is 0 Å². The highest BCUT2D eigenvalue weighted by Gasteiger charge is 2.21. The van der Waals surface area contributed by atoms with Crippen molar-refractivity contribution in [2.24, 2.45) is 0 Å². The summed E-state index contributed by atoms with van der Waals surface area (Å²) in [4.78, 5) is 9.32. The first-order valence-corrected chi connectivity index (χ1v) is 3.26. The van der Waals surface area contributed by atoms with E-state index in [2.05, 4.69) is 0 Å². The molecule has 0 aliphatic heterocycles. The third-order valence-corrected chi connectivity index (χ3v) is 1.57. The fourth-order valence-corrected chi connectivity index (χ4v) is 0.877. The first kappa shape index (κ1) is 8.61. The molecule has 0 fully saturated rings. The van der Waals surface area contributed by atoms with Gasteiger partial charge in [0, 0.05) is 0 Å². The van der Waals surface area contributed by atoms with Crippen LogP contribution in [0.5, 0.6) is 11.5 Å². The summed E-state index contributed by atoms with van der Waals surface area (Å²) in [5.41, 5.74) is -0.775. The Hall–Kier alpha value is -1.49. The number of aromatic hydroxyl groups is 2. The van der Waals surface area contributed by atoms with Gasteiger partial charge in [0.25, 0.3) is 0 Å². The lowest BCUT2D eigenvalue weighted by molar-refractivity contribution is -0.386. The Morgan fingerprint density at radius 2 is 2.00 bits per heavy atom. The minimum absolute atomic E-state index is 0.167. The van der Waals surface area contributed by atoms with E-state index in [1.54, 1.807) is 0 Å². The van der Waals surface area contributed by atoms with Gasteiger partial charge in [-0.3, -0.25) is 10.1 Å². The smallest absolute Gasteiger partial charge is 0.353 e. The molecule has 0 heterocycles. The van der Waals surface area contributed by atoms with Crippen LogP contribution in [-0.4, -0.2) is 15.1 Å². The van der Waals surface area contributed by atoms with E-state index in [4.69, 9.17) is 21.8 Å². The summed E-state index contributed by atoms with van der Waals surface area (Å²) in [6, 6.07) is 2.21. The summed E-state index contributed by atoms with van der Waals surface area (Å²) < 4.78 is 0. The maximum absolute atomic E-state index is 10.2. The summed E-state index contributed by atoms with van der Waals surface area (Å²) in [5.74, 6) is -1.33. The largest absolute Gasteiger partial charge is 0.502 e. The monoisotopic (exact) mass is 189 g/mol. The maximum atomic E-state index is 10.2. The van der Waals surface area contributed by atoms with E-state index in [0.717, 1.165) is 6.07 Å². The second-order valence-electron chi connectivity index (χ2n) is 2.02. The SMILES string of the molecule is O=[N+]([O-])c1c(O)ccc(Cl)c1O. The molecule has 0 saturated carbocycles. The van der Waals surface area contributed by atoms with Crippen molar-refractivity contribution < 1.29 is 15.1 Å². The lowest BCUT2D eigenvalue weighted by Crippen LogP contribution is -1.89. The third kappa shape index (κ3) is 1.26. The Bertz CT molecular complexity index is 339. The minimum Gasteiger partial charge on any atom is -0.502 e. The van der Waals surface area contributed by atoms with Crippen molar-refractivity contribution in [3.05, 3.63) is 27.3 Å². The number of halogens is 1. The molecule has 0 atom stereocenters. The third-order valence-electron chi connectivity index (χ3n) is 1.26. The average Bonchev–Trinajstić information content (AvgIpc) is 1.97. The standard InChI is InChI=1S/C6H4ClNO4/c7-3-1-2-4(9)5(6(3)10)8(11)12/h1-2,9-10H. The van der Waals surface area contributed by atoms with E-state index in [-0.39, 0.29) is 5.02 Å². The lowest BCUT2D eigenvalue weighted by Gasteiger charge is -1.99. The molecule has 1 aromatic carbocycles. The van der Waals surface area contributed by atoms with Gasteiger partial charge >= 0.3 is 5.69 Å². The number of nitrogens with zero attached hydrogens (tertiary/aromatic N) is 1. The molecule has 0 saturated heterocycles. The molecule has 6 heteroatoms. The minimum atomic E-state index is -0.906. The molecule has 0 amide bonds. The number of benzene rings is 1. The van der Waals surface area contributed by atoms with Gasteiger partial charge in [-0.05, 0) is 12.1 Å². The molecule has 2 N–H and O–H groups in total. The molecule has 0 spiro atoms. The number of phenols is 2. The Balaban J connectivity index is 3.43. The van der Waals surface area contributed by atoms with Gasteiger partial charge in [0.1, 0.15) is 0 Å². The Morgan fingerprint density at radius 3 is 2.42 bits per heavy atom. The van der Waals surface area contributed by atoms with E-state index in [1.165, 1.54) is 6.07 Å². The van der Waals surface area contributed by atoms with E-state index in [1.807, 2.05) is 0 Å². The van der Waals surface area contributed by atoms with E-state index in [9.17, 15) is 10.1 Å². The van der Waals surface area contributed by atoms with E-state index < -0.39 is 22.1 Å². The summed E-state index contributed by atoms with van der Waals surface area (Å²) in [7, 11) is 0. The van der Waals surface area contributed by atoms with Crippen molar-refractivity contribution in [2.75, 3.05) is 0 Å². The zero-order chi connectivity index (χ0) is 9.30. The van der Waals surface area contributed by atoms with Crippen molar-refractivity contribution in [1.29, 1.82) is 0 Å². The van der Waals surface area contributed by atoms with Gasteiger partial charge in [0.05, 0.1) is 9.95 Å².